The zero-order valence-corrected chi connectivity index (χ0v) is 6.20. The molecule has 0 fully saturated rings. The number of fused-ring (bicyclic) bond motifs is 1. The molecule has 0 bridgehead atoms. The van der Waals surface area contributed by atoms with E-state index in [1.807, 2.05) is 0 Å². The van der Waals surface area contributed by atoms with E-state index in [4.69, 9.17) is 10.6 Å². The van der Waals surface area contributed by atoms with Crippen molar-refractivity contribution in [1.82, 2.24) is 10.5 Å². The van der Waals surface area contributed by atoms with Gasteiger partial charge in [0.1, 0.15) is 0 Å². The van der Waals surface area contributed by atoms with Crippen molar-refractivity contribution in [2.24, 2.45) is 5.73 Å². The van der Waals surface area contributed by atoms with Crippen molar-refractivity contribution in [2.45, 2.75) is 6.54 Å². The molecule has 5 nitrogen and oxygen atoms in total. The third-order valence-corrected chi connectivity index (χ3v) is 1.64. The number of carbonyl (C=O) groups is 1. The molecule has 0 aromatic carbocycles. The molecule has 1 aromatic heterocycles. The lowest BCUT2D eigenvalue weighted by atomic mass is 10.2. The Morgan fingerprint density at radius 1 is 1.75 bits per heavy atom. The molecular weight excluding hydrogens is 158 g/mol. The summed E-state index contributed by atoms with van der Waals surface area (Å²) in [6, 6.07) is 1.67. The lowest BCUT2D eigenvalue weighted by Crippen LogP contribution is -2.11. The molecule has 0 unspecified atom stereocenters. The van der Waals surface area contributed by atoms with Gasteiger partial charge in [0.25, 0.3) is 0 Å². The lowest BCUT2D eigenvalue weighted by Gasteiger charge is -1.96. The van der Waals surface area contributed by atoms with Crippen molar-refractivity contribution in [2.75, 3.05) is 0 Å². The van der Waals surface area contributed by atoms with E-state index in [1.54, 1.807) is 6.07 Å². The first-order chi connectivity index (χ1) is 5.77. The van der Waals surface area contributed by atoms with E-state index in [-0.39, 0.29) is 0 Å². The summed E-state index contributed by atoms with van der Waals surface area (Å²) < 4.78 is 0. The third kappa shape index (κ3) is 0.998. The fraction of sp³-hybridized carbons (Fsp3) is 0.143. The Bertz CT molecular complexity index is 337. The van der Waals surface area contributed by atoms with Crippen LogP contribution in [0.5, 0.6) is 5.88 Å². The van der Waals surface area contributed by atoms with Crippen molar-refractivity contribution >= 4 is 5.91 Å². The number of hydrogen-bond acceptors (Lipinski definition) is 4. The van der Waals surface area contributed by atoms with Gasteiger partial charge < -0.3 is 10.6 Å². The minimum absolute atomic E-state index is 0.404. The summed E-state index contributed by atoms with van der Waals surface area (Å²) in [4.78, 5) is 19.5. The van der Waals surface area contributed by atoms with E-state index in [1.165, 1.54) is 6.20 Å². The molecule has 5 heteroatoms. The van der Waals surface area contributed by atoms with Crippen molar-refractivity contribution in [1.29, 1.82) is 0 Å². The van der Waals surface area contributed by atoms with Crippen LogP contribution in [0.4, 0.5) is 0 Å². The van der Waals surface area contributed by atoms with Crippen LogP contribution < -0.4 is 16.1 Å². The van der Waals surface area contributed by atoms with Crippen molar-refractivity contribution in [3.63, 3.8) is 0 Å². The largest absolute Gasteiger partial charge is 0.388 e. The van der Waals surface area contributed by atoms with Crippen LogP contribution in [0, 0.1) is 0 Å². The highest BCUT2D eigenvalue weighted by Crippen LogP contribution is 2.19. The van der Waals surface area contributed by atoms with Gasteiger partial charge in [-0.3, -0.25) is 4.79 Å². The zero-order valence-electron chi connectivity index (χ0n) is 6.20. The minimum Gasteiger partial charge on any atom is -0.388 e. The number of aromatic nitrogens is 1. The molecule has 1 aromatic rings. The number of nitrogens with two attached hydrogens (primary N) is 1. The molecule has 1 aliphatic rings. The number of pyridine rings is 1. The summed E-state index contributed by atoms with van der Waals surface area (Å²) in [6.07, 6.45) is 1.40. The number of rotatable bonds is 1. The number of hydrogen-bond donors (Lipinski definition) is 2. The van der Waals surface area contributed by atoms with Crippen molar-refractivity contribution in [3.8, 4) is 5.88 Å². The topological polar surface area (TPSA) is 77.2 Å². The Morgan fingerprint density at radius 3 is 3.33 bits per heavy atom. The van der Waals surface area contributed by atoms with E-state index in [9.17, 15) is 4.79 Å². The summed E-state index contributed by atoms with van der Waals surface area (Å²) in [5, 5.41) is 0. The van der Waals surface area contributed by atoms with Gasteiger partial charge in [0.2, 0.25) is 11.8 Å². The Morgan fingerprint density at radius 2 is 2.58 bits per heavy atom. The molecule has 0 atom stereocenters. The molecule has 3 N–H and O–H groups in total. The number of carbonyl (C=O) groups excluding carboxylic acids is 1. The Labute approximate surface area is 68.5 Å². The summed E-state index contributed by atoms with van der Waals surface area (Å²) in [5.41, 5.74) is 8.96. The Balaban J connectivity index is 2.45. The fourth-order valence-corrected chi connectivity index (χ4v) is 1.03. The van der Waals surface area contributed by atoms with Crippen LogP contribution in [0.2, 0.25) is 0 Å². The van der Waals surface area contributed by atoms with E-state index < -0.39 is 5.91 Å². The SMILES string of the molecule is NC(=O)c1cnc2c(c1)CNO2. The highest BCUT2D eigenvalue weighted by Gasteiger charge is 2.14. The van der Waals surface area contributed by atoms with Gasteiger partial charge in [0.15, 0.2) is 0 Å². The number of amides is 1. The molecule has 62 valence electrons. The quantitative estimate of drug-likeness (QED) is 0.592. The second kappa shape index (κ2) is 2.46. The fourth-order valence-electron chi connectivity index (χ4n) is 1.03. The predicted octanol–water partition coefficient (Wildman–Crippen LogP) is -0.423. The number of nitrogens with one attached hydrogen (secondary N) is 1. The van der Waals surface area contributed by atoms with Crippen LogP contribution in [0.15, 0.2) is 12.3 Å². The highest BCUT2D eigenvalue weighted by atomic mass is 16.7. The van der Waals surface area contributed by atoms with E-state index in [0.29, 0.717) is 18.0 Å². The molecule has 2 rings (SSSR count). The number of nitrogens with zero attached hydrogens (tertiary/aromatic N) is 1. The molecule has 1 aliphatic heterocycles. The average molecular weight is 165 g/mol. The normalized spacial score (nSPS) is 13.7. The van der Waals surface area contributed by atoms with Crippen LogP contribution in [0.1, 0.15) is 15.9 Å². The number of hydroxylamine groups is 1. The van der Waals surface area contributed by atoms with Crippen LogP contribution in [0.25, 0.3) is 0 Å². The molecule has 12 heavy (non-hydrogen) atoms. The van der Waals surface area contributed by atoms with Gasteiger partial charge in [-0.15, -0.1) is 0 Å². The second-order valence-electron chi connectivity index (χ2n) is 2.48. The highest BCUT2D eigenvalue weighted by molar-refractivity contribution is 5.92. The molecule has 0 spiro atoms. The van der Waals surface area contributed by atoms with E-state index in [0.717, 1.165) is 5.56 Å². The van der Waals surface area contributed by atoms with Gasteiger partial charge in [-0.05, 0) is 6.07 Å². The summed E-state index contributed by atoms with van der Waals surface area (Å²) in [7, 11) is 0. The molecule has 0 saturated heterocycles. The van der Waals surface area contributed by atoms with Gasteiger partial charge in [-0.2, -0.15) is 5.48 Å². The summed E-state index contributed by atoms with van der Waals surface area (Å²) in [6.45, 7) is 0.559. The van der Waals surface area contributed by atoms with Gasteiger partial charge in [0, 0.05) is 11.8 Å². The smallest absolute Gasteiger partial charge is 0.250 e. The van der Waals surface area contributed by atoms with Crippen molar-refractivity contribution in [3.05, 3.63) is 23.4 Å². The molecule has 0 saturated carbocycles. The van der Waals surface area contributed by atoms with Gasteiger partial charge in [-0.25, -0.2) is 4.98 Å². The van der Waals surface area contributed by atoms with Gasteiger partial charge in [-0.1, -0.05) is 0 Å². The van der Waals surface area contributed by atoms with Gasteiger partial charge in [0.05, 0.1) is 12.1 Å². The average Bonchev–Trinajstić information content (AvgIpc) is 2.49. The second-order valence-corrected chi connectivity index (χ2v) is 2.48. The molecule has 1 amide bonds. The monoisotopic (exact) mass is 165 g/mol. The Hall–Kier alpha value is -1.62. The van der Waals surface area contributed by atoms with E-state index >= 15 is 0 Å². The maximum atomic E-state index is 10.7. The molecule has 0 aliphatic carbocycles. The summed E-state index contributed by atoms with van der Waals surface area (Å²) >= 11 is 0. The maximum absolute atomic E-state index is 10.7. The molecular formula is C7H7N3O2. The van der Waals surface area contributed by atoms with Crippen LogP contribution in [-0.4, -0.2) is 10.9 Å². The molecule has 0 radical (unpaired) electrons. The van der Waals surface area contributed by atoms with E-state index in [2.05, 4.69) is 10.5 Å². The van der Waals surface area contributed by atoms with Crippen LogP contribution >= 0.6 is 0 Å². The maximum Gasteiger partial charge on any atom is 0.250 e. The first-order valence-electron chi connectivity index (χ1n) is 3.46. The predicted molar refractivity (Wildman–Crippen MR) is 40.2 cm³/mol. The molecule has 2 heterocycles. The van der Waals surface area contributed by atoms with Crippen LogP contribution in [-0.2, 0) is 6.54 Å². The zero-order chi connectivity index (χ0) is 8.55. The summed E-state index contributed by atoms with van der Waals surface area (Å²) in [5.74, 6) is 0.0391. The van der Waals surface area contributed by atoms with Gasteiger partial charge >= 0.3 is 0 Å². The first kappa shape index (κ1) is 7.05. The Kier molecular flexibility index (Phi) is 1.44. The third-order valence-electron chi connectivity index (χ3n) is 1.64. The standard InChI is InChI=1S/C7H7N3O2/c8-6(11)4-1-5-3-10-12-7(5)9-2-4/h1-2,10H,3H2,(H2,8,11). The number of primary amides is 1. The minimum atomic E-state index is -0.475. The lowest BCUT2D eigenvalue weighted by molar-refractivity contribution is 0.1000. The van der Waals surface area contributed by atoms with Crippen molar-refractivity contribution < 1.29 is 9.63 Å². The van der Waals surface area contributed by atoms with Crippen LogP contribution in [0.3, 0.4) is 0 Å². The first-order valence-corrected chi connectivity index (χ1v) is 3.46.